The normalized spacial score (nSPS) is 19.9. The highest BCUT2D eigenvalue weighted by Gasteiger charge is 2.48. The minimum atomic E-state index is -4.02. The highest BCUT2D eigenvalue weighted by atomic mass is 19.4. The van der Waals surface area contributed by atoms with Crippen molar-refractivity contribution in [3.63, 3.8) is 0 Å². The van der Waals surface area contributed by atoms with Crippen molar-refractivity contribution >= 4 is 0 Å². The number of halogens is 3. The van der Waals surface area contributed by atoms with Crippen molar-refractivity contribution in [1.82, 2.24) is 4.90 Å². The van der Waals surface area contributed by atoms with Gasteiger partial charge in [0.05, 0.1) is 5.92 Å². The van der Waals surface area contributed by atoms with Crippen LogP contribution in [0.5, 0.6) is 0 Å². The summed E-state index contributed by atoms with van der Waals surface area (Å²) < 4.78 is 37.4. The van der Waals surface area contributed by atoms with E-state index in [1.165, 1.54) is 0 Å². The third kappa shape index (κ3) is 4.66. The number of rotatable bonds is 5. The first-order chi connectivity index (χ1) is 8.33. The zero-order chi connectivity index (χ0) is 15.1. The van der Waals surface area contributed by atoms with Gasteiger partial charge in [0.2, 0.25) is 0 Å². The Morgan fingerprint density at radius 1 is 1.05 bits per heavy atom. The second-order valence-electron chi connectivity index (χ2n) is 7.92. The lowest BCUT2D eigenvalue weighted by Gasteiger charge is -2.46. The Bertz CT molecular complexity index is 299. The molecule has 1 fully saturated rings. The molecule has 114 valence electrons. The lowest BCUT2D eigenvalue weighted by molar-refractivity contribution is -0.211. The van der Waals surface area contributed by atoms with Crippen LogP contribution >= 0.6 is 0 Å². The van der Waals surface area contributed by atoms with E-state index < -0.39 is 12.1 Å². The van der Waals surface area contributed by atoms with Gasteiger partial charge >= 0.3 is 6.18 Å². The SMILES string of the molecule is CC(C)C(C)(C)CC(C)(C)CN1CC(C(F)(F)F)C1. The van der Waals surface area contributed by atoms with Crippen LogP contribution in [-0.4, -0.2) is 30.7 Å². The van der Waals surface area contributed by atoms with Gasteiger partial charge in [0.25, 0.3) is 0 Å². The van der Waals surface area contributed by atoms with Crippen LogP contribution in [0.15, 0.2) is 0 Å². The molecule has 0 aromatic carbocycles. The van der Waals surface area contributed by atoms with Crippen molar-refractivity contribution in [3.05, 3.63) is 0 Å². The molecule has 0 radical (unpaired) electrons. The van der Waals surface area contributed by atoms with E-state index >= 15 is 0 Å². The van der Waals surface area contributed by atoms with Gasteiger partial charge in [-0.1, -0.05) is 41.5 Å². The van der Waals surface area contributed by atoms with Gasteiger partial charge in [0.1, 0.15) is 0 Å². The summed E-state index contributed by atoms with van der Waals surface area (Å²) in [4.78, 5) is 1.94. The molecule has 19 heavy (non-hydrogen) atoms. The molecule has 0 atom stereocenters. The molecule has 0 saturated carbocycles. The van der Waals surface area contributed by atoms with E-state index in [1.54, 1.807) is 0 Å². The van der Waals surface area contributed by atoms with Gasteiger partial charge in [-0.15, -0.1) is 0 Å². The topological polar surface area (TPSA) is 3.24 Å². The summed E-state index contributed by atoms with van der Waals surface area (Å²) in [6, 6.07) is 0. The van der Waals surface area contributed by atoms with Gasteiger partial charge in [-0.3, -0.25) is 0 Å². The number of likely N-dealkylation sites (tertiary alicyclic amines) is 1. The summed E-state index contributed by atoms with van der Waals surface area (Å²) in [5.41, 5.74) is 0.280. The lowest BCUT2D eigenvalue weighted by Crippen LogP contribution is -2.55. The van der Waals surface area contributed by atoms with Gasteiger partial charge in [-0.05, 0) is 23.2 Å². The molecule has 1 rings (SSSR count). The summed E-state index contributed by atoms with van der Waals surface area (Å²) in [7, 11) is 0. The fourth-order valence-corrected chi connectivity index (χ4v) is 3.00. The predicted molar refractivity (Wildman–Crippen MR) is 73.0 cm³/mol. The van der Waals surface area contributed by atoms with Crippen LogP contribution in [0, 0.1) is 22.7 Å². The molecule has 1 aliphatic rings. The van der Waals surface area contributed by atoms with E-state index in [-0.39, 0.29) is 23.9 Å². The standard InChI is InChI=1S/C15H28F3N/c1-11(2)14(5,6)9-13(3,4)10-19-7-12(8-19)15(16,17)18/h11-12H,7-10H2,1-6H3. The van der Waals surface area contributed by atoms with Crippen molar-refractivity contribution in [1.29, 1.82) is 0 Å². The van der Waals surface area contributed by atoms with Crippen LogP contribution in [0.25, 0.3) is 0 Å². The highest BCUT2D eigenvalue weighted by Crippen LogP contribution is 2.41. The molecule has 0 aromatic heterocycles. The van der Waals surface area contributed by atoms with E-state index in [4.69, 9.17) is 0 Å². The summed E-state index contributed by atoms with van der Waals surface area (Å²) in [5.74, 6) is -0.535. The molecule has 1 saturated heterocycles. The second-order valence-corrected chi connectivity index (χ2v) is 7.92. The van der Waals surface area contributed by atoms with Crippen molar-refractivity contribution in [2.75, 3.05) is 19.6 Å². The molecular weight excluding hydrogens is 251 g/mol. The van der Waals surface area contributed by atoms with Gasteiger partial charge in [0.15, 0.2) is 0 Å². The van der Waals surface area contributed by atoms with Crippen molar-refractivity contribution in [2.45, 2.75) is 54.1 Å². The van der Waals surface area contributed by atoms with Crippen LogP contribution < -0.4 is 0 Å². The first kappa shape index (κ1) is 16.8. The molecule has 0 aromatic rings. The monoisotopic (exact) mass is 279 g/mol. The first-order valence-electron chi connectivity index (χ1n) is 7.12. The van der Waals surface area contributed by atoms with Crippen molar-refractivity contribution < 1.29 is 13.2 Å². The largest absolute Gasteiger partial charge is 0.394 e. The Balaban J connectivity index is 2.45. The van der Waals surface area contributed by atoms with E-state index in [0.29, 0.717) is 5.92 Å². The zero-order valence-electron chi connectivity index (χ0n) is 13.1. The molecule has 0 aliphatic carbocycles. The second kappa shape index (κ2) is 5.27. The molecule has 0 bridgehead atoms. The van der Waals surface area contributed by atoms with E-state index in [1.807, 2.05) is 4.90 Å². The smallest absolute Gasteiger partial charge is 0.301 e. The Kier molecular flexibility index (Phi) is 4.66. The van der Waals surface area contributed by atoms with Crippen LogP contribution in [0.3, 0.4) is 0 Å². The summed E-state index contributed by atoms with van der Waals surface area (Å²) in [6.45, 7) is 14.3. The maximum atomic E-state index is 12.5. The summed E-state index contributed by atoms with van der Waals surface area (Å²) in [6.07, 6.45) is -2.98. The average Bonchev–Trinajstić information content (AvgIpc) is 2.06. The maximum Gasteiger partial charge on any atom is 0.394 e. The van der Waals surface area contributed by atoms with Crippen LogP contribution in [0.2, 0.25) is 0 Å². The quantitative estimate of drug-likeness (QED) is 0.712. The molecule has 0 N–H and O–H groups in total. The summed E-state index contributed by atoms with van der Waals surface area (Å²) >= 11 is 0. The predicted octanol–water partition coefficient (Wildman–Crippen LogP) is 4.58. The fraction of sp³-hybridized carbons (Fsp3) is 1.00. The fourth-order valence-electron chi connectivity index (χ4n) is 3.00. The molecule has 0 amide bonds. The lowest BCUT2D eigenvalue weighted by atomic mass is 9.69. The van der Waals surface area contributed by atoms with Gasteiger partial charge < -0.3 is 4.90 Å². The molecule has 0 unspecified atom stereocenters. The maximum absolute atomic E-state index is 12.5. The molecular formula is C15H28F3N. The third-order valence-electron chi connectivity index (χ3n) is 4.57. The molecule has 1 aliphatic heterocycles. The van der Waals surface area contributed by atoms with Gasteiger partial charge in [-0.2, -0.15) is 13.2 Å². The number of nitrogens with zero attached hydrogens (tertiary/aromatic N) is 1. The van der Waals surface area contributed by atoms with Gasteiger partial charge in [-0.25, -0.2) is 0 Å². The minimum Gasteiger partial charge on any atom is -0.301 e. The van der Waals surface area contributed by atoms with Crippen molar-refractivity contribution in [2.24, 2.45) is 22.7 Å². The molecule has 1 heterocycles. The third-order valence-corrected chi connectivity index (χ3v) is 4.57. The van der Waals surface area contributed by atoms with E-state index in [2.05, 4.69) is 41.5 Å². The van der Waals surface area contributed by atoms with Crippen LogP contribution in [0.4, 0.5) is 13.2 Å². The molecule has 0 spiro atoms. The van der Waals surface area contributed by atoms with E-state index in [0.717, 1.165) is 13.0 Å². The average molecular weight is 279 g/mol. The van der Waals surface area contributed by atoms with Crippen LogP contribution in [0.1, 0.15) is 48.0 Å². The summed E-state index contributed by atoms with van der Waals surface area (Å²) in [5, 5.41) is 0. The van der Waals surface area contributed by atoms with Gasteiger partial charge in [0, 0.05) is 19.6 Å². The Hall–Kier alpha value is -0.250. The number of hydrogen-bond donors (Lipinski definition) is 0. The van der Waals surface area contributed by atoms with E-state index in [9.17, 15) is 13.2 Å². The van der Waals surface area contributed by atoms with Crippen molar-refractivity contribution in [3.8, 4) is 0 Å². The minimum absolute atomic E-state index is 0.0599. The highest BCUT2D eigenvalue weighted by molar-refractivity contribution is 4.90. The Labute approximate surface area is 115 Å². The number of alkyl halides is 3. The molecule has 4 heteroatoms. The Morgan fingerprint density at radius 3 is 1.89 bits per heavy atom. The number of hydrogen-bond acceptors (Lipinski definition) is 1. The Morgan fingerprint density at radius 2 is 1.53 bits per heavy atom. The first-order valence-corrected chi connectivity index (χ1v) is 7.12. The zero-order valence-corrected chi connectivity index (χ0v) is 13.1. The van der Waals surface area contributed by atoms with Crippen LogP contribution in [-0.2, 0) is 0 Å². The molecule has 1 nitrogen and oxygen atoms in total.